The van der Waals surface area contributed by atoms with Gasteiger partial charge in [-0.3, -0.25) is 9.59 Å². The molecule has 14 nitrogen and oxygen atoms in total. The maximum Gasteiger partial charge on any atom is 0.416 e. The topological polar surface area (TPSA) is 175 Å². The third-order valence-corrected chi connectivity index (χ3v) is 13.2. The van der Waals surface area contributed by atoms with Crippen molar-refractivity contribution in [3.8, 4) is 0 Å². The lowest BCUT2D eigenvalue weighted by Crippen LogP contribution is -2.29. The number of benzene rings is 4. The summed E-state index contributed by atoms with van der Waals surface area (Å²) >= 11 is 4.40. The Morgan fingerprint density at radius 1 is 0.634 bits per heavy atom. The van der Waals surface area contributed by atoms with E-state index in [0.29, 0.717) is 80.8 Å². The minimum absolute atomic E-state index is 0.148. The summed E-state index contributed by atoms with van der Waals surface area (Å²) < 4.78 is 83.8. The van der Waals surface area contributed by atoms with Crippen LogP contribution in [-0.4, -0.2) is 72.9 Å². The second-order valence-electron chi connectivity index (χ2n) is 17.0. The molecule has 2 amide bonds. The van der Waals surface area contributed by atoms with Crippen LogP contribution < -0.4 is 20.4 Å². The number of hydrogen-bond donors (Lipinski definition) is 4. The van der Waals surface area contributed by atoms with Gasteiger partial charge in [-0.1, -0.05) is 40.2 Å². The van der Waals surface area contributed by atoms with E-state index in [4.69, 9.17) is 10.2 Å². The number of fused-ring (bicyclic) bond motifs is 2. The standard InChI is InChI=1S/C25H25F3N4O3S.C24H22BrF3N4O3/c1-14(17-4-6-18(7-5-17)24(34)35)29-22(33)21-15(2)30-32-9-8-31(23(21)32)13-16-10-19(25(26,27)28)12-20(11-16)36-3;1-13(16-3-5-17(6-4-16)23(34)35)29-21(33)20-14(2)30-32-8-7-31(22(20)32)12-15-9-18(24(26,27)28)11-19(25)10-15/h4-7,10-12,14H,8-9,13H2,1-3H3,(H,29,33)(H,34,35);3-6,9-11,13H,7-8,12H2,1-2H3,(H,29,33)(H,34,35)/t14-;13-/m00/s1. The number of carboxylic acid groups (broad SMARTS) is 2. The predicted octanol–water partition coefficient (Wildman–Crippen LogP) is 10.3. The van der Waals surface area contributed by atoms with Crippen LogP contribution in [0.2, 0.25) is 0 Å². The molecule has 2 aliphatic heterocycles. The van der Waals surface area contributed by atoms with Gasteiger partial charge >= 0.3 is 24.3 Å². The fourth-order valence-corrected chi connectivity index (χ4v) is 9.54. The van der Waals surface area contributed by atoms with Crippen molar-refractivity contribution in [2.45, 2.75) is 83.2 Å². The Morgan fingerprint density at radius 2 is 1.03 bits per heavy atom. The van der Waals surface area contributed by atoms with Gasteiger partial charge in [0.05, 0.1) is 58.8 Å². The number of carbonyl (C=O) groups is 4. The summed E-state index contributed by atoms with van der Waals surface area (Å²) in [5.74, 6) is -1.66. The molecule has 4 heterocycles. The lowest BCUT2D eigenvalue weighted by molar-refractivity contribution is -0.138. The Bertz CT molecular complexity index is 3000. The molecule has 0 bridgehead atoms. The molecular weight excluding hydrogens is 1020 g/mol. The molecule has 71 heavy (non-hydrogen) atoms. The lowest BCUT2D eigenvalue weighted by Gasteiger charge is -2.21. The van der Waals surface area contributed by atoms with Crippen LogP contribution >= 0.6 is 27.7 Å². The Morgan fingerprint density at radius 3 is 1.41 bits per heavy atom. The van der Waals surface area contributed by atoms with Crippen molar-refractivity contribution < 1.29 is 55.7 Å². The number of carboxylic acids is 2. The van der Waals surface area contributed by atoms with Gasteiger partial charge < -0.3 is 30.6 Å². The van der Waals surface area contributed by atoms with E-state index in [0.717, 1.165) is 35.4 Å². The number of hydrogen-bond acceptors (Lipinski definition) is 9. The van der Waals surface area contributed by atoms with Gasteiger partial charge in [-0.15, -0.1) is 11.8 Å². The van der Waals surface area contributed by atoms with Crippen molar-refractivity contribution >= 4 is 63.1 Å². The number of carbonyl (C=O) groups excluding carboxylic acids is 2. The molecule has 0 fully saturated rings. The molecule has 0 aliphatic carbocycles. The maximum atomic E-state index is 13.4. The van der Waals surface area contributed by atoms with E-state index in [2.05, 4.69) is 36.8 Å². The average molecular weight is 1070 g/mol. The van der Waals surface area contributed by atoms with Crippen molar-refractivity contribution in [1.82, 2.24) is 30.2 Å². The van der Waals surface area contributed by atoms with E-state index in [-0.39, 0.29) is 36.0 Å². The predicted molar refractivity (Wildman–Crippen MR) is 257 cm³/mol. The number of halogens is 7. The Balaban J connectivity index is 0.000000209. The average Bonchev–Trinajstić information content (AvgIpc) is 4.06. The van der Waals surface area contributed by atoms with E-state index in [1.54, 1.807) is 79.7 Å². The summed E-state index contributed by atoms with van der Waals surface area (Å²) in [4.78, 5) is 52.9. The molecule has 4 aromatic carbocycles. The number of aromatic carboxylic acids is 2. The molecule has 22 heteroatoms. The van der Waals surface area contributed by atoms with E-state index in [1.165, 1.54) is 36.0 Å². The number of anilines is 2. The van der Waals surface area contributed by atoms with Crippen LogP contribution in [0.4, 0.5) is 38.0 Å². The summed E-state index contributed by atoms with van der Waals surface area (Å²) in [5, 5.41) is 32.9. The normalized spacial score (nSPS) is 14.0. The number of rotatable bonds is 13. The molecule has 2 atom stereocenters. The Labute approximate surface area is 416 Å². The number of nitrogens with one attached hydrogen (secondary N) is 2. The summed E-state index contributed by atoms with van der Waals surface area (Å²) in [6, 6.07) is 19.4. The molecule has 0 saturated heterocycles. The molecule has 6 aromatic rings. The number of thioether (sulfide) groups is 1. The van der Waals surface area contributed by atoms with Crippen LogP contribution in [0.15, 0.2) is 94.3 Å². The van der Waals surface area contributed by atoms with Gasteiger partial charge in [0, 0.05) is 35.5 Å². The quantitative estimate of drug-likeness (QED) is 0.0640. The van der Waals surface area contributed by atoms with Crippen molar-refractivity contribution in [1.29, 1.82) is 0 Å². The molecule has 4 N–H and O–H groups in total. The van der Waals surface area contributed by atoms with Gasteiger partial charge in [-0.05, 0) is 117 Å². The highest BCUT2D eigenvalue weighted by molar-refractivity contribution is 9.10. The van der Waals surface area contributed by atoms with E-state index < -0.39 is 47.5 Å². The molecule has 0 spiro atoms. The molecule has 0 radical (unpaired) electrons. The molecule has 374 valence electrons. The van der Waals surface area contributed by atoms with Crippen LogP contribution in [0.3, 0.4) is 0 Å². The van der Waals surface area contributed by atoms with E-state index in [1.807, 2.05) is 9.80 Å². The first-order valence-corrected chi connectivity index (χ1v) is 24.0. The third-order valence-electron chi connectivity index (χ3n) is 12.0. The summed E-state index contributed by atoms with van der Waals surface area (Å²) in [6.45, 7) is 9.44. The zero-order chi connectivity index (χ0) is 51.7. The highest BCUT2D eigenvalue weighted by Gasteiger charge is 2.35. The van der Waals surface area contributed by atoms with Crippen LogP contribution in [0, 0.1) is 13.8 Å². The largest absolute Gasteiger partial charge is 0.478 e. The summed E-state index contributed by atoms with van der Waals surface area (Å²) in [6.07, 6.45) is -7.19. The summed E-state index contributed by atoms with van der Waals surface area (Å²) in [7, 11) is 0. The fraction of sp³-hybridized carbons (Fsp3) is 0.306. The molecule has 2 aliphatic rings. The molecule has 0 unspecified atom stereocenters. The highest BCUT2D eigenvalue weighted by Crippen LogP contribution is 2.37. The smallest absolute Gasteiger partial charge is 0.416 e. The van der Waals surface area contributed by atoms with Gasteiger partial charge in [-0.25, -0.2) is 19.0 Å². The van der Waals surface area contributed by atoms with Crippen molar-refractivity contribution in [2.24, 2.45) is 0 Å². The first-order valence-electron chi connectivity index (χ1n) is 22.0. The molecule has 2 aromatic heterocycles. The summed E-state index contributed by atoms with van der Waals surface area (Å²) in [5.41, 5.74) is 3.05. The van der Waals surface area contributed by atoms with Crippen molar-refractivity contribution in [3.63, 3.8) is 0 Å². The Kier molecular flexibility index (Phi) is 15.3. The van der Waals surface area contributed by atoms with Gasteiger partial charge in [-0.2, -0.15) is 36.5 Å². The van der Waals surface area contributed by atoms with Crippen LogP contribution in [0.1, 0.15) is 112 Å². The first kappa shape index (κ1) is 52.0. The number of alkyl halides is 6. The van der Waals surface area contributed by atoms with E-state index >= 15 is 0 Å². The van der Waals surface area contributed by atoms with Gasteiger partial charge in [0.1, 0.15) is 22.8 Å². The number of nitrogens with zero attached hydrogens (tertiary/aromatic N) is 6. The van der Waals surface area contributed by atoms with Gasteiger partial charge in [0.2, 0.25) is 0 Å². The SMILES string of the molecule is CSc1cc(CN2CCn3nc(C)c(C(=O)N[C@@H](C)c4ccc(C(=O)O)cc4)c32)cc(C(F)(F)F)c1.Cc1nn2c(c1C(=O)N[C@@H](C)c1ccc(C(=O)O)cc1)N(Cc1cc(Br)cc(C(F)(F)F)c1)CC2. The lowest BCUT2D eigenvalue weighted by atomic mass is 10.1. The number of aromatic nitrogens is 4. The fourth-order valence-electron chi connectivity index (χ4n) is 8.49. The van der Waals surface area contributed by atoms with Crippen LogP contribution in [0.25, 0.3) is 0 Å². The minimum Gasteiger partial charge on any atom is -0.478 e. The second-order valence-corrected chi connectivity index (χ2v) is 18.8. The van der Waals surface area contributed by atoms with Gasteiger partial charge in [0.15, 0.2) is 0 Å². The van der Waals surface area contributed by atoms with Crippen molar-refractivity contribution in [2.75, 3.05) is 29.1 Å². The highest BCUT2D eigenvalue weighted by atomic mass is 79.9. The van der Waals surface area contributed by atoms with Crippen LogP contribution in [-0.2, 0) is 38.5 Å². The first-order chi connectivity index (χ1) is 33.4. The molecular formula is C49H47BrF6N8O6S. The monoisotopic (exact) mass is 1070 g/mol. The second kappa shape index (κ2) is 20.9. The Hall–Kier alpha value is -6.81. The minimum atomic E-state index is -4.47. The third kappa shape index (κ3) is 11.9. The maximum absolute atomic E-state index is 13.4. The van der Waals surface area contributed by atoms with Crippen LogP contribution in [0.5, 0.6) is 0 Å². The molecule has 0 saturated carbocycles. The van der Waals surface area contributed by atoms with Crippen molar-refractivity contribution in [3.05, 3.63) is 156 Å². The number of amides is 2. The molecule has 8 rings (SSSR count). The number of aryl methyl sites for hydroxylation is 2. The van der Waals surface area contributed by atoms with Gasteiger partial charge in [0.25, 0.3) is 11.8 Å². The zero-order valence-corrected chi connectivity index (χ0v) is 41.1. The van der Waals surface area contributed by atoms with E-state index in [9.17, 15) is 45.5 Å². The zero-order valence-electron chi connectivity index (χ0n) is 38.7.